The topological polar surface area (TPSA) is 9.23 Å². The average Bonchev–Trinajstić information content (AvgIpc) is 2.27. The highest BCUT2D eigenvalue weighted by Crippen LogP contribution is 2.26. The van der Waals surface area contributed by atoms with Gasteiger partial charge in [0.2, 0.25) is 0 Å². The van der Waals surface area contributed by atoms with E-state index in [-0.39, 0.29) is 6.10 Å². The van der Waals surface area contributed by atoms with Gasteiger partial charge in [0, 0.05) is 10.0 Å². The van der Waals surface area contributed by atoms with Crippen molar-refractivity contribution in [1.82, 2.24) is 0 Å². The van der Waals surface area contributed by atoms with E-state index < -0.39 is 0 Å². The van der Waals surface area contributed by atoms with Crippen LogP contribution in [-0.2, 0) is 5.88 Å². The van der Waals surface area contributed by atoms with Gasteiger partial charge in [0.1, 0.15) is 5.75 Å². The van der Waals surface area contributed by atoms with Crippen LogP contribution in [0.1, 0.15) is 32.3 Å². The lowest BCUT2D eigenvalue weighted by Crippen LogP contribution is -2.14. The summed E-state index contributed by atoms with van der Waals surface area (Å²) in [6.07, 6.45) is 2.33. The van der Waals surface area contributed by atoms with Crippen LogP contribution in [0.5, 0.6) is 5.75 Å². The Morgan fingerprint density at radius 3 is 2.53 bits per heavy atom. The van der Waals surface area contributed by atoms with E-state index in [0.717, 1.165) is 28.6 Å². The largest absolute Gasteiger partial charge is 0.490 e. The Labute approximate surface area is 105 Å². The van der Waals surface area contributed by atoms with Crippen molar-refractivity contribution in [2.45, 2.75) is 38.7 Å². The van der Waals surface area contributed by atoms with Gasteiger partial charge in [-0.3, -0.25) is 0 Å². The number of hydrogen-bond donors (Lipinski definition) is 0. The molecule has 0 N–H and O–H groups in total. The maximum Gasteiger partial charge on any atom is 0.124 e. The van der Waals surface area contributed by atoms with Gasteiger partial charge in [-0.25, -0.2) is 0 Å². The second-order valence-electron chi connectivity index (χ2n) is 3.44. The minimum atomic E-state index is 0.285. The van der Waals surface area contributed by atoms with Crippen molar-refractivity contribution >= 4 is 27.5 Å². The number of alkyl halides is 1. The molecular formula is C12H16BrClO. The van der Waals surface area contributed by atoms with Gasteiger partial charge < -0.3 is 4.74 Å². The number of halogens is 2. The summed E-state index contributed by atoms with van der Waals surface area (Å²) in [6, 6.07) is 5.96. The lowest BCUT2D eigenvalue weighted by atomic mass is 10.2. The van der Waals surface area contributed by atoms with Crippen molar-refractivity contribution in [3.63, 3.8) is 0 Å². The van der Waals surface area contributed by atoms with E-state index in [4.69, 9.17) is 16.3 Å². The molecule has 0 heterocycles. The van der Waals surface area contributed by atoms with Crippen molar-refractivity contribution in [3.05, 3.63) is 28.2 Å². The molecule has 15 heavy (non-hydrogen) atoms. The van der Waals surface area contributed by atoms with E-state index in [2.05, 4.69) is 29.8 Å². The second kappa shape index (κ2) is 6.39. The van der Waals surface area contributed by atoms with Crippen molar-refractivity contribution in [3.8, 4) is 5.75 Å². The molecule has 0 aliphatic carbocycles. The van der Waals surface area contributed by atoms with Crippen LogP contribution in [0, 0.1) is 0 Å². The van der Waals surface area contributed by atoms with Crippen LogP contribution in [0.2, 0.25) is 0 Å². The molecule has 0 saturated carbocycles. The summed E-state index contributed by atoms with van der Waals surface area (Å²) >= 11 is 9.30. The van der Waals surface area contributed by atoms with Crippen LogP contribution in [-0.4, -0.2) is 6.10 Å². The van der Waals surface area contributed by atoms with Crippen molar-refractivity contribution < 1.29 is 4.74 Å². The molecule has 3 heteroatoms. The molecule has 1 aromatic rings. The fourth-order valence-electron chi connectivity index (χ4n) is 1.40. The summed E-state index contributed by atoms with van der Waals surface area (Å²) in [5.41, 5.74) is 1.04. The molecule has 0 amide bonds. The summed E-state index contributed by atoms with van der Waals surface area (Å²) in [4.78, 5) is 0. The molecule has 0 aliphatic rings. The van der Waals surface area contributed by atoms with E-state index in [9.17, 15) is 0 Å². The van der Waals surface area contributed by atoms with E-state index >= 15 is 0 Å². The minimum absolute atomic E-state index is 0.285. The first-order chi connectivity index (χ1) is 7.21. The number of benzene rings is 1. The highest BCUT2D eigenvalue weighted by Gasteiger charge is 2.09. The SMILES string of the molecule is CCC(CC)Oc1ccc(Br)cc1CCl. The highest BCUT2D eigenvalue weighted by molar-refractivity contribution is 9.10. The lowest BCUT2D eigenvalue weighted by molar-refractivity contribution is 0.191. The van der Waals surface area contributed by atoms with Crippen molar-refractivity contribution in [2.24, 2.45) is 0 Å². The van der Waals surface area contributed by atoms with E-state index in [1.807, 2.05) is 18.2 Å². The quantitative estimate of drug-likeness (QED) is 0.711. The lowest BCUT2D eigenvalue weighted by Gasteiger charge is -2.17. The van der Waals surface area contributed by atoms with Gasteiger partial charge in [-0.1, -0.05) is 29.8 Å². The molecule has 0 spiro atoms. The Morgan fingerprint density at radius 2 is 2.00 bits per heavy atom. The summed E-state index contributed by atoms with van der Waals surface area (Å²) in [5.74, 6) is 1.39. The molecular weight excluding hydrogens is 275 g/mol. The molecule has 1 rings (SSSR count). The molecule has 0 radical (unpaired) electrons. The van der Waals surface area contributed by atoms with Crippen LogP contribution >= 0.6 is 27.5 Å². The third kappa shape index (κ3) is 3.69. The summed E-state index contributed by atoms with van der Waals surface area (Å²) in [7, 11) is 0. The van der Waals surface area contributed by atoms with Crippen LogP contribution in [0.25, 0.3) is 0 Å². The van der Waals surface area contributed by atoms with Crippen LogP contribution in [0.3, 0.4) is 0 Å². The van der Waals surface area contributed by atoms with Gasteiger partial charge in [0.05, 0.1) is 12.0 Å². The van der Waals surface area contributed by atoms with Crippen molar-refractivity contribution in [1.29, 1.82) is 0 Å². The molecule has 84 valence electrons. The van der Waals surface area contributed by atoms with Gasteiger partial charge >= 0.3 is 0 Å². The summed E-state index contributed by atoms with van der Waals surface area (Å²) in [5, 5.41) is 0. The monoisotopic (exact) mass is 290 g/mol. The van der Waals surface area contributed by atoms with Crippen LogP contribution in [0.4, 0.5) is 0 Å². The Morgan fingerprint density at radius 1 is 1.33 bits per heavy atom. The van der Waals surface area contributed by atoms with Gasteiger partial charge in [0.25, 0.3) is 0 Å². The van der Waals surface area contributed by atoms with E-state index in [1.54, 1.807) is 0 Å². The molecule has 0 unspecified atom stereocenters. The van der Waals surface area contributed by atoms with Gasteiger partial charge in [0.15, 0.2) is 0 Å². The number of ether oxygens (including phenoxy) is 1. The molecule has 0 atom stereocenters. The Kier molecular flexibility index (Phi) is 5.48. The minimum Gasteiger partial charge on any atom is -0.490 e. The van der Waals surface area contributed by atoms with Gasteiger partial charge in [-0.2, -0.15) is 0 Å². The van der Waals surface area contributed by atoms with E-state index in [0.29, 0.717) is 5.88 Å². The third-order valence-electron chi connectivity index (χ3n) is 2.37. The molecule has 0 aliphatic heterocycles. The number of hydrogen-bond acceptors (Lipinski definition) is 1. The van der Waals surface area contributed by atoms with Crippen molar-refractivity contribution in [2.75, 3.05) is 0 Å². The summed E-state index contributed by atoms with van der Waals surface area (Å²) < 4.78 is 6.92. The first-order valence-electron chi connectivity index (χ1n) is 5.22. The zero-order valence-electron chi connectivity index (χ0n) is 9.09. The first kappa shape index (κ1) is 12.9. The molecule has 0 fully saturated rings. The fourth-order valence-corrected chi connectivity index (χ4v) is 2.02. The maximum absolute atomic E-state index is 5.88. The van der Waals surface area contributed by atoms with Crippen LogP contribution < -0.4 is 4.74 Å². The predicted octanol–water partition coefficient (Wildman–Crippen LogP) is 4.76. The molecule has 0 bridgehead atoms. The third-order valence-corrected chi connectivity index (χ3v) is 3.15. The normalized spacial score (nSPS) is 10.7. The molecule has 1 aromatic carbocycles. The zero-order chi connectivity index (χ0) is 11.3. The van der Waals surface area contributed by atoms with Gasteiger partial charge in [-0.05, 0) is 31.0 Å². The Balaban J connectivity index is 2.83. The second-order valence-corrected chi connectivity index (χ2v) is 4.62. The standard InChI is InChI=1S/C12H16BrClO/c1-3-11(4-2)15-12-6-5-10(13)7-9(12)8-14/h5-7,11H,3-4,8H2,1-2H3. The molecule has 0 saturated heterocycles. The van der Waals surface area contributed by atoms with Gasteiger partial charge in [-0.15, -0.1) is 11.6 Å². The Bertz CT molecular complexity index is 310. The fraction of sp³-hybridized carbons (Fsp3) is 0.500. The molecule has 1 nitrogen and oxygen atoms in total. The highest BCUT2D eigenvalue weighted by atomic mass is 79.9. The zero-order valence-corrected chi connectivity index (χ0v) is 11.4. The van der Waals surface area contributed by atoms with E-state index in [1.165, 1.54) is 0 Å². The summed E-state index contributed by atoms with van der Waals surface area (Å²) in [6.45, 7) is 4.26. The molecule has 0 aromatic heterocycles. The smallest absolute Gasteiger partial charge is 0.124 e. The predicted molar refractivity (Wildman–Crippen MR) is 68.7 cm³/mol. The van der Waals surface area contributed by atoms with Crippen LogP contribution in [0.15, 0.2) is 22.7 Å². The average molecular weight is 292 g/mol. The first-order valence-corrected chi connectivity index (χ1v) is 6.55. The maximum atomic E-state index is 5.88. The number of rotatable bonds is 5. The Hall–Kier alpha value is -0.210.